The lowest BCUT2D eigenvalue weighted by Gasteiger charge is -2.22. The molecule has 2 nitrogen and oxygen atoms in total. The maximum absolute atomic E-state index is 6.33. The summed E-state index contributed by atoms with van der Waals surface area (Å²) in [5.41, 5.74) is 15.5. The van der Waals surface area contributed by atoms with Gasteiger partial charge in [0.1, 0.15) is 11.2 Å². The number of rotatable bonds is 3. The van der Waals surface area contributed by atoms with E-state index >= 15 is 0 Å². The van der Waals surface area contributed by atoms with Crippen LogP contribution in [-0.4, -0.2) is 4.57 Å². The van der Waals surface area contributed by atoms with Crippen molar-refractivity contribution < 1.29 is 4.42 Å². The van der Waals surface area contributed by atoms with Crippen LogP contribution in [0, 0.1) is 0 Å². The molecule has 0 amide bonds. The molecule has 0 N–H and O–H groups in total. The van der Waals surface area contributed by atoms with Crippen molar-refractivity contribution in [2.24, 2.45) is 0 Å². The molecular weight excluding hydrogens is 571 g/mol. The molecule has 0 aliphatic heterocycles. The number of hydrogen-bond acceptors (Lipinski definition) is 1. The molecule has 0 saturated heterocycles. The number of fused-ring (bicyclic) bond motifs is 10. The van der Waals surface area contributed by atoms with Crippen molar-refractivity contribution in [1.82, 2.24) is 4.57 Å². The first-order chi connectivity index (χ1) is 23.1. The average Bonchev–Trinajstić information content (AvgIpc) is 3.73. The van der Waals surface area contributed by atoms with Crippen LogP contribution in [0.3, 0.4) is 0 Å². The molecule has 0 spiro atoms. The van der Waals surface area contributed by atoms with Gasteiger partial charge in [-0.05, 0) is 93.0 Å². The van der Waals surface area contributed by atoms with Crippen molar-refractivity contribution in [1.29, 1.82) is 0 Å². The molecule has 0 atom stereocenters. The van der Waals surface area contributed by atoms with E-state index in [-0.39, 0.29) is 5.41 Å². The van der Waals surface area contributed by atoms with Crippen LogP contribution in [0.15, 0.2) is 156 Å². The number of para-hydroxylation sites is 1. The second-order valence-electron chi connectivity index (χ2n) is 13.3. The van der Waals surface area contributed by atoms with Gasteiger partial charge in [-0.15, -0.1) is 0 Å². The van der Waals surface area contributed by atoms with E-state index in [4.69, 9.17) is 4.42 Å². The van der Waals surface area contributed by atoms with Gasteiger partial charge in [-0.25, -0.2) is 0 Å². The van der Waals surface area contributed by atoms with E-state index < -0.39 is 0 Å². The summed E-state index contributed by atoms with van der Waals surface area (Å²) in [7, 11) is 0. The second-order valence-corrected chi connectivity index (χ2v) is 13.3. The van der Waals surface area contributed by atoms with E-state index in [0.29, 0.717) is 0 Å². The first kappa shape index (κ1) is 26.4. The van der Waals surface area contributed by atoms with Gasteiger partial charge in [0.25, 0.3) is 0 Å². The molecule has 0 bridgehead atoms. The predicted molar refractivity (Wildman–Crippen MR) is 196 cm³/mol. The van der Waals surface area contributed by atoms with Crippen molar-refractivity contribution in [3.8, 4) is 39.1 Å². The third kappa shape index (κ3) is 3.73. The molecule has 10 rings (SSSR count). The molecule has 1 aliphatic rings. The predicted octanol–water partition coefficient (Wildman–Crippen LogP) is 12.3. The fourth-order valence-corrected chi connectivity index (χ4v) is 8.19. The van der Waals surface area contributed by atoms with Gasteiger partial charge in [-0.2, -0.15) is 0 Å². The summed E-state index contributed by atoms with van der Waals surface area (Å²) in [5.74, 6) is 0. The summed E-state index contributed by atoms with van der Waals surface area (Å²) in [4.78, 5) is 0. The number of nitrogens with zero attached hydrogens (tertiary/aromatic N) is 1. The van der Waals surface area contributed by atoms with Crippen LogP contribution in [0.2, 0.25) is 0 Å². The third-order valence-electron chi connectivity index (χ3n) is 10.4. The van der Waals surface area contributed by atoms with Gasteiger partial charge in [0.05, 0.1) is 11.0 Å². The summed E-state index contributed by atoms with van der Waals surface area (Å²) in [6.07, 6.45) is 0. The van der Waals surface area contributed by atoms with Crippen molar-refractivity contribution in [2.45, 2.75) is 19.3 Å². The molecule has 0 radical (unpaired) electrons. The maximum Gasteiger partial charge on any atom is 0.135 e. The topological polar surface area (TPSA) is 18.1 Å². The molecule has 2 heteroatoms. The molecule has 0 unspecified atom stereocenters. The molecule has 2 aromatic heterocycles. The Bertz CT molecular complexity index is 2590. The Labute approximate surface area is 273 Å². The Hall–Kier alpha value is -5.86. The van der Waals surface area contributed by atoms with E-state index in [9.17, 15) is 0 Å². The molecule has 47 heavy (non-hydrogen) atoms. The molecule has 7 aromatic carbocycles. The second kappa shape index (κ2) is 9.57. The Morgan fingerprint density at radius 1 is 0.468 bits per heavy atom. The van der Waals surface area contributed by atoms with Crippen LogP contribution in [0.1, 0.15) is 25.0 Å². The minimum atomic E-state index is -0.161. The third-order valence-corrected chi connectivity index (χ3v) is 10.4. The molecule has 1 aliphatic carbocycles. The molecule has 9 aromatic rings. The van der Waals surface area contributed by atoms with E-state index in [1.807, 2.05) is 0 Å². The quantitative estimate of drug-likeness (QED) is 0.197. The SMILES string of the molecule is CC1(C)c2ccc(-n3c4ccc(-c5ccccc5)cc4c4cc(-c5ccccc5)ccc43)cc2-c2ccc3oc4ccccc4c3c21. The van der Waals surface area contributed by atoms with Gasteiger partial charge in [-0.3, -0.25) is 0 Å². The lowest BCUT2D eigenvalue weighted by atomic mass is 9.80. The zero-order valence-corrected chi connectivity index (χ0v) is 26.3. The van der Waals surface area contributed by atoms with E-state index in [1.54, 1.807) is 0 Å². The standard InChI is InChI=1S/C45H31NO/c1-45(2)38-21-19-32(27-35(38)33-20-24-42-43(44(33)45)34-15-9-10-16-41(34)47-42)46-39-22-17-30(28-11-5-3-6-12-28)25-36(39)37-26-31(18-23-40(37)46)29-13-7-4-8-14-29/h3-27H,1-2H3. The fourth-order valence-electron chi connectivity index (χ4n) is 8.19. The van der Waals surface area contributed by atoms with Crippen LogP contribution in [-0.2, 0) is 5.41 Å². The summed E-state index contributed by atoms with van der Waals surface area (Å²) in [6, 6.07) is 55.1. The largest absolute Gasteiger partial charge is 0.456 e. The lowest BCUT2D eigenvalue weighted by molar-refractivity contribution is 0.657. The van der Waals surface area contributed by atoms with Crippen molar-refractivity contribution in [3.05, 3.63) is 163 Å². The number of hydrogen-bond donors (Lipinski definition) is 0. The Morgan fingerprint density at radius 2 is 1.09 bits per heavy atom. The monoisotopic (exact) mass is 601 g/mol. The summed E-state index contributed by atoms with van der Waals surface area (Å²) < 4.78 is 8.78. The molecule has 2 heterocycles. The van der Waals surface area contributed by atoms with E-state index in [1.165, 1.54) is 82.8 Å². The Kier molecular flexibility index (Phi) is 5.37. The molecular formula is C45H31NO. The van der Waals surface area contributed by atoms with Gasteiger partial charge in [0.15, 0.2) is 0 Å². The highest BCUT2D eigenvalue weighted by Gasteiger charge is 2.38. The minimum absolute atomic E-state index is 0.161. The van der Waals surface area contributed by atoms with Crippen molar-refractivity contribution in [2.75, 3.05) is 0 Å². The van der Waals surface area contributed by atoms with Crippen molar-refractivity contribution in [3.63, 3.8) is 0 Å². The zero-order chi connectivity index (χ0) is 31.3. The normalized spacial score (nSPS) is 13.5. The zero-order valence-electron chi connectivity index (χ0n) is 26.3. The smallest absolute Gasteiger partial charge is 0.135 e. The van der Waals surface area contributed by atoms with Gasteiger partial charge in [-0.1, -0.05) is 117 Å². The number of furan rings is 1. The van der Waals surface area contributed by atoms with Crippen LogP contribution in [0.5, 0.6) is 0 Å². The van der Waals surface area contributed by atoms with Gasteiger partial charge in [0.2, 0.25) is 0 Å². The number of benzene rings is 7. The summed E-state index contributed by atoms with van der Waals surface area (Å²) in [5, 5.41) is 4.93. The van der Waals surface area contributed by atoms with E-state index in [0.717, 1.165) is 11.2 Å². The van der Waals surface area contributed by atoms with Crippen LogP contribution in [0.4, 0.5) is 0 Å². The van der Waals surface area contributed by atoms with Crippen molar-refractivity contribution >= 4 is 43.7 Å². The van der Waals surface area contributed by atoms with Crippen LogP contribution in [0.25, 0.3) is 82.8 Å². The average molecular weight is 602 g/mol. The number of aromatic nitrogens is 1. The van der Waals surface area contributed by atoms with Gasteiger partial charge < -0.3 is 8.98 Å². The highest BCUT2D eigenvalue weighted by Crippen LogP contribution is 2.53. The van der Waals surface area contributed by atoms with Crippen LogP contribution >= 0.6 is 0 Å². The van der Waals surface area contributed by atoms with E-state index in [2.05, 4.69) is 170 Å². The Morgan fingerprint density at radius 3 is 1.74 bits per heavy atom. The molecule has 222 valence electrons. The fraction of sp³-hybridized carbons (Fsp3) is 0.0667. The molecule has 0 fully saturated rings. The highest BCUT2D eigenvalue weighted by molar-refractivity contribution is 6.13. The maximum atomic E-state index is 6.33. The first-order valence-corrected chi connectivity index (χ1v) is 16.4. The Balaban J connectivity index is 1.23. The first-order valence-electron chi connectivity index (χ1n) is 16.4. The summed E-state index contributed by atoms with van der Waals surface area (Å²) in [6.45, 7) is 4.71. The van der Waals surface area contributed by atoms with Crippen LogP contribution < -0.4 is 0 Å². The summed E-state index contributed by atoms with van der Waals surface area (Å²) >= 11 is 0. The molecule has 0 saturated carbocycles. The highest BCUT2D eigenvalue weighted by atomic mass is 16.3. The van der Waals surface area contributed by atoms with Gasteiger partial charge in [0, 0.05) is 32.6 Å². The lowest BCUT2D eigenvalue weighted by Crippen LogP contribution is -2.15. The minimum Gasteiger partial charge on any atom is -0.456 e. The van der Waals surface area contributed by atoms with Gasteiger partial charge >= 0.3 is 0 Å².